The molecule has 0 saturated heterocycles. The third-order valence-corrected chi connectivity index (χ3v) is 3.36. The Morgan fingerprint density at radius 2 is 1.80 bits per heavy atom. The molecule has 0 aliphatic carbocycles. The maximum absolute atomic E-state index is 11.8. The first-order chi connectivity index (χ1) is 9.65. The van der Waals surface area contributed by atoms with Crippen LogP contribution in [0.4, 0.5) is 5.69 Å². The van der Waals surface area contributed by atoms with E-state index in [0.717, 1.165) is 16.3 Å². The van der Waals surface area contributed by atoms with Gasteiger partial charge in [0.15, 0.2) is 6.54 Å². The summed E-state index contributed by atoms with van der Waals surface area (Å²) >= 11 is 5.86. The quantitative estimate of drug-likeness (QED) is 0.873. The number of quaternary nitrogens is 1. The molecule has 0 heterocycles. The van der Waals surface area contributed by atoms with E-state index in [1.54, 1.807) is 0 Å². The van der Waals surface area contributed by atoms with E-state index in [0.29, 0.717) is 6.54 Å². The minimum atomic E-state index is -0.00277. The summed E-state index contributed by atoms with van der Waals surface area (Å²) in [6, 6.07) is 17.4. The van der Waals surface area contributed by atoms with E-state index < -0.39 is 0 Å². The number of hydrogen-bond donors (Lipinski definition) is 2. The molecule has 20 heavy (non-hydrogen) atoms. The van der Waals surface area contributed by atoms with Gasteiger partial charge in [-0.25, -0.2) is 0 Å². The van der Waals surface area contributed by atoms with Crippen molar-refractivity contribution in [2.45, 2.75) is 13.0 Å². The predicted octanol–water partition coefficient (Wildman–Crippen LogP) is 2.60. The zero-order chi connectivity index (χ0) is 14.4. The summed E-state index contributed by atoms with van der Waals surface area (Å²) in [5, 5.41) is 5.59. The Morgan fingerprint density at radius 3 is 2.45 bits per heavy atom. The van der Waals surface area contributed by atoms with Gasteiger partial charge in [-0.2, -0.15) is 0 Å². The Balaban J connectivity index is 1.82. The molecule has 4 heteroatoms. The lowest BCUT2D eigenvalue weighted by molar-refractivity contribution is -0.682. The first-order valence-electron chi connectivity index (χ1n) is 6.59. The van der Waals surface area contributed by atoms with Gasteiger partial charge in [-0.1, -0.05) is 41.9 Å². The van der Waals surface area contributed by atoms with Crippen molar-refractivity contribution in [2.75, 3.05) is 11.9 Å². The van der Waals surface area contributed by atoms with Gasteiger partial charge in [0.05, 0.1) is 0 Å². The molecule has 1 atom stereocenters. The smallest absolute Gasteiger partial charge is 0.279 e. The van der Waals surface area contributed by atoms with Gasteiger partial charge in [0, 0.05) is 16.3 Å². The third-order valence-electron chi connectivity index (χ3n) is 3.11. The number of rotatable bonds is 5. The number of nitrogens with one attached hydrogen (secondary N) is 1. The van der Waals surface area contributed by atoms with Crippen LogP contribution in [0.3, 0.4) is 0 Å². The number of halogens is 1. The fourth-order valence-electron chi connectivity index (χ4n) is 1.92. The van der Waals surface area contributed by atoms with Crippen molar-refractivity contribution in [3.05, 3.63) is 65.2 Å². The fraction of sp³-hybridized carbons (Fsp3) is 0.188. The molecule has 0 bridgehead atoms. The fourth-order valence-corrected chi connectivity index (χ4v) is 2.05. The van der Waals surface area contributed by atoms with Crippen LogP contribution in [0.1, 0.15) is 18.5 Å². The monoisotopic (exact) mass is 289 g/mol. The summed E-state index contributed by atoms with van der Waals surface area (Å²) in [4.78, 5) is 11.8. The molecule has 104 valence electrons. The second-order valence-electron chi connectivity index (χ2n) is 4.69. The molecule has 3 N–H and O–H groups in total. The van der Waals surface area contributed by atoms with Crippen molar-refractivity contribution >= 4 is 23.2 Å². The molecule has 0 aliphatic rings. The van der Waals surface area contributed by atoms with Gasteiger partial charge in [0.1, 0.15) is 6.04 Å². The Hall–Kier alpha value is -1.84. The van der Waals surface area contributed by atoms with E-state index in [2.05, 4.69) is 12.2 Å². The molecule has 3 nitrogen and oxygen atoms in total. The molecule has 0 aliphatic heterocycles. The number of carbonyl (C=O) groups is 1. The Bertz CT molecular complexity index is 554. The molecule has 2 aromatic rings. The summed E-state index contributed by atoms with van der Waals surface area (Å²) in [5.74, 6) is -0.00277. The molecule has 0 radical (unpaired) electrons. The first kappa shape index (κ1) is 14.6. The lowest BCUT2D eigenvalue weighted by Crippen LogP contribution is -2.86. The van der Waals surface area contributed by atoms with Gasteiger partial charge in [-0.05, 0) is 31.2 Å². The van der Waals surface area contributed by atoms with Gasteiger partial charge in [-0.3, -0.25) is 4.79 Å². The highest BCUT2D eigenvalue weighted by atomic mass is 35.5. The summed E-state index contributed by atoms with van der Waals surface area (Å²) in [7, 11) is 0. The van der Waals surface area contributed by atoms with Gasteiger partial charge < -0.3 is 10.6 Å². The van der Waals surface area contributed by atoms with Crippen LogP contribution in [0.2, 0.25) is 5.02 Å². The van der Waals surface area contributed by atoms with Crippen molar-refractivity contribution in [3.8, 4) is 0 Å². The minimum Gasteiger partial charge on any atom is -0.333 e. The molecule has 0 fully saturated rings. The van der Waals surface area contributed by atoms with Gasteiger partial charge in [0.25, 0.3) is 5.91 Å². The number of para-hydroxylation sites is 1. The zero-order valence-electron chi connectivity index (χ0n) is 11.3. The van der Waals surface area contributed by atoms with Crippen molar-refractivity contribution in [1.82, 2.24) is 0 Å². The van der Waals surface area contributed by atoms with E-state index >= 15 is 0 Å². The standard InChI is InChI=1S/C16H17ClN2O/c1-12(13-7-9-14(17)10-8-13)18-11-16(20)19-15-5-3-2-4-6-15/h2-10,12,18H,11H2,1H3,(H,19,20)/p+1/t12-/m0/s1. The Kier molecular flexibility index (Phi) is 5.16. The molecule has 0 aromatic heterocycles. The van der Waals surface area contributed by atoms with Gasteiger partial charge in [-0.15, -0.1) is 0 Å². The molecule has 0 spiro atoms. The van der Waals surface area contributed by atoms with Crippen LogP contribution in [-0.4, -0.2) is 12.5 Å². The second kappa shape index (κ2) is 7.08. The minimum absolute atomic E-state index is 0.00277. The SMILES string of the molecule is C[C@H]([NH2+]CC(=O)Nc1ccccc1)c1ccc(Cl)cc1. The number of carbonyl (C=O) groups excluding carboxylic acids is 1. The Morgan fingerprint density at radius 1 is 1.15 bits per heavy atom. The lowest BCUT2D eigenvalue weighted by atomic mass is 10.1. The molecule has 1 amide bonds. The predicted molar refractivity (Wildman–Crippen MR) is 81.7 cm³/mol. The topological polar surface area (TPSA) is 45.7 Å². The Labute approximate surface area is 124 Å². The highest BCUT2D eigenvalue weighted by Crippen LogP contribution is 2.13. The van der Waals surface area contributed by atoms with Gasteiger partial charge in [0.2, 0.25) is 0 Å². The number of nitrogens with two attached hydrogens (primary N) is 1. The largest absolute Gasteiger partial charge is 0.333 e. The summed E-state index contributed by atoms with van der Waals surface area (Å²) in [5.41, 5.74) is 1.98. The van der Waals surface area contributed by atoms with E-state index in [1.165, 1.54) is 0 Å². The average molecular weight is 290 g/mol. The molecule has 0 unspecified atom stereocenters. The van der Waals surface area contributed by atoms with E-state index in [-0.39, 0.29) is 11.9 Å². The normalized spacial score (nSPS) is 11.9. The first-order valence-corrected chi connectivity index (χ1v) is 6.96. The van der Waals surface area contributed by atoms with E-state index in [4.69, 9.17) is 11.6 Å². The number of hydrogen-bond acceptors (Lipinski definition) is 1. The molecule has 2 rings (SSSR count). The number of anilines is 1. The summed E-state index contributed by atoms with van der Waals surface area (Å²) in [6.07, 6.45) is 0. The van der Waals surface area contributed by atoms with Gasteiger partial charge >= 0.3 is 0 Å². The molecular weight excluding hydrogens is 272 g/mol. The molecule has 0 saturated carbocycles. The average Bonchev–Trinajstić information content (AvgIpc) is 2.46. The zero-order valence-corrected chi connectivity index (χ0v) is 12.1. The maximum atomic E-state index is 11.8. The third kappa shape index (κ3) is 4.37. The maximum Gasteiger partial charge on any atom is 0.279 e. The highest BCUT2D eigenvalue weighted by molar-refractivity contribution is 6.30. The molecular formula is C16H18ClN2O+. The van der Waals surface area contributed by atoms with Crippen LogP contribution >= 0.6 is 11.6 Å². The molecule has 2 aromatic carbocycles. The van der Waals surface area contributed by atoms with Crippen molar-refractivity contribution in [1.29, 1.82) is 0 Å². The van der Waals surface area contributed by atoms with E-state index in [1.807, 2.05) is 59.9 Å². The van der Waals surface area contributed by atoms with Crippen LogP contribution < -0.4 is 10.6 Å². The van der Waals surface area contributed by atoms with Crippen molar-refractivity contribution < 1.29 is 10.1 Å². The van der Waals surface area contributed by atoms with Crippen LogP contribution in [0.15, 0.2) is 54.6 Å². The van der Waals surface area contributed by atoms with Crippen LogP contribution in [0.5, 0.6) is 0 Å². The van der Waals surface area contributed by atoms with Crippen molar-refractivity contribution in [3.63, 3.8) is 0 Å². The summed E-state index contributed by atoms with van der Waals surface area (Å²) in [6.45, 7) is 2.46. The highest BCUT2D eigenvalue weighted by Gasteiger charge is 2.11. The lowest BCUT2D eigenvalue weighted by Gasteiger charge is -2.11. The van der Waals surface area contributed by atoms with Crippen LogP contribution in [0.25, 0.3) is 0 Å². The number of amides is 1. The second-order valence-corrected chi connectivity index (χ2v) is 5.13. The summed E-state index contributed by atoms with van der Waals surface area (Å²) < 4.78 is 0. The van der Waals surface area contributed by atoms with E-state index in [9.17, 15) is 4.79 Å². The van der Waals surface area contributed by atoms with Crippen LogP contribution in [0, 0.1) is 0 Å². The van der Waals surface area contributed by atoms with Crippen LogP contribution in [-0.2, 0) is 4.79 Å². The number of benzene rings is 2. The van der Waals surface area contributed by atoms with Crippen molar-refractivity contribution in [2.24, 2.45) is 0 Å².